The van der Waals surface area contributed by atoms with Crippen LogP contribution in [0.5, 0.6) is 0 Å². The predicted molar refractivity (Wildman–Crippen MR) is 277 cm³/mol. The van der Waals surface area contributed by atoms with Crippen LogP contribution in [0.15, 0.2) is 72.9 Å². The molecule has 2 heterocycles. The Hall–Kier alpha value is -2.57. The lowest BCUT2D eigenvalue weighted by Crippen LogP contribution is -2.65. The van der Waals surface area contributed by atoms with E-state index in [1.165, 1.54) is 70.6 Å². The molecule has 0 radical (unpaired) electrons. The quantitative estimate of drug-likeness (QED) is 0.0209. The van der Waals surface area contributed by atoms with Gasteiger partial charge < -0.3 is 65.1 Å². The Balaban J connectivity index is 1.70. The Morgan fingerprint density at radius 2 is 0.986 bits per heavy atom. The summed E-state index contributed by atoms with van der Waals surface area (Å²) in [5, 5.41) is 86.6. The van der Waals surface area contributed by atoms with Gasteiger partial charge >= 0.3 is 0 Å². The van der Waals surface area contributed by atoms with E-state index in [1.807, 2.05) is 6.08 Å². The van der Waals surface area contributed by atoms with Gasteiger partial charge in [0.25, 0.3) is 0 Å². The standard InChI is InChI=1S/C56H97NO13/c1-3-5-7-9-11-13-14-15-16-17-18-19-20-21-22-23-24-25-26-27-28-29-30-32-34-36-38-40-48(61)57-44(45(60)39-37-35-33-31-12-10-8-6-4-2)43-67-55-53(66)51(64)54(47(42-59)69-55)70-56-52(65)50(63)49(62)46(41-58)68-56/h5,7,11,13,15-16,18-19,21-22,37,39,44-47,49-56,58-60,62-66H,3-4,6,8-10,12,14,17,20,23-36,38,40-43H2,1-2H3,(H,57,61)/b7-5-,13-11-,16-15-,19-18-,22-21-,39-37+. The second-order valence-corrected chi connectivity index (χ2v) is 19.0. The van der Waals surface area contributed by atoms with Crippen LogP contribution in [0.4, 0.5) is 0 Å². The lowest BCUT2D eigenvalue weighted by atomic mass is 9.97. The molecule has 2 saturated heterocycles. The molecule has 0 aliphatic carbocycles. The average Bonchev–Trinajstić information content (AvgIpc) is 3.36. The van der Waals surface area contributed by atoms with Gasteiger partial charge in [-0.2, -0.15) is 0 Å². The third-order valence-corrected chi connectivity index (χ3v) is 12.9. The Morgan fingerprint density at radius 3 is 1.51 bits per heavy atom. The molecule has 2 fully saturated rings. The van der Waals surface area contributed by atoms with E-state index in [-0.39, 0.29) is 18.9 Å². The molecule has 0 aromatic heterocycles. The number of carbonyl (C=O) groups excluding carboxylic acids is 1. The first kappa shape index (κ1) is 63.5. The van der Waals surface area contributed by atoms with Crippen LogP contribution in [0.1, 0.15) is 181 Å². The van der Waals surface area contributed by atoms with Crippen LogP contribution in [0.25, 0.3) is 0 Å². The number of amides is 1. The molecule has 404 valence electrons. The van der Waals surface area contributed by atoms with Crippen LogP contribution in [0.3, 0.4) is 0 Å². The number of aliphatic hydroxyl groups excluding tert-OH is 8. The summed E-state index contributed by atoms with van der Waals surface area (Å²) in [4.78, 5) is 13.2. The maximum Gasteiger partial charge on any atom is 0.220 e. The van der Waals surface area contributed by atoms with E-state index in [0.29, 0.717) is 6.42 Å². The minimum atomic E-state index is -1.79. The largest absolute Gasteiger partial charge is 0.394 e. The van der Waals surface area contributed by atoms with Gasteiger partial charge in [0.05, 0.1) is 32.0 Å². The summed E-state index contributed by atoms with van der Waals surface area (Å²) in [6, 6.07) is -0.917. The smallest absolute Gasteiger partial charge is 0.220 e. The van der Waals surface area contributed by atoms with Crippen molar-refractivity contribution in [3.8, 4) is 0 Å². The minimum absolute atomic E-state index is 0.249. The van der Waals surface area contributed by atoms with Gasteiger partial charge in [-0.05, 0) is 64.2 Å². The summed E-state index contributed by atoms with van der Waals surface area (Å²) in [6.45, 7) is 2.62. The highest BCUT2D eigenvalue weighted by Gasteiger charge is 2.51. The summed E-state index contributed by atoms with van der Waals surface area (Å²) in [5.41, 5.74) is 0. The number of rotatable bonds is 41. The fourth-order valence-electron chi connectivity index (χ4n) is 8.49. The van der Waals surface area contributed by atoms with Crippen LogP contribution in [-0.4, -0.2) is 140 Å². The summed E-state index contributed by atoms with van der Waals surface area (Å²) in [7, 11) is 0. The van der Waals surface area contributed by atoms with E-state index >= 15 is 0 Å². The van der Waals surface area contributed by atoms with Crippen molar-refractivity contribution in [3.05, 3.63) is 72.9 Å². The number of aliphatic hydroxyl groups is 8. The monoisotopic (exact) mass is 992 g/mol. The number of hydrogen-bond acceptors (Lipinski definition) is 13. The molecule has 12 atom stereocenters. The van der Waals surface area contributed by atoms with Gasteiger partial charge in [0.1, 0.15) is 48.8 Å². The molecule has 1 amide bonds. The third-order valence-electron chi connectivity index (χ3n) is 12.9. The summed E-state index contributed by atoms with van der Waals surface area (Å²) in [5.74, 6) is -0.249. The van der Waals surface area contributed by atoms with Crippen molar-refractivity contribution >= 4 is 5.91 Å². The fourth-order valence-corrected chi connectivity index (χ4v) is 8.49. The molecule has 70 heavy (non-hydrogen) atoms. The minimum Gasteiger partial charge on any atom is -0.394 e. The number of allylic oxidation sites excluding steroid dienone is 11. The van der Waals surface area contributed by atoms with Gasteiger partial charge in [0.15, 0.2) is 12.6 Å². The molecule has 0 bridgehead atoms. The molecule has 14 heteroatoms. The molecule has 0 aromatic rings. The van der Waals surface area contributed by atoms with Crippen LogP contribution in [0, 0.1) is 0 Å². The van der Waals surface area contributed by atoms with Crippen molar-refractivity contribution in [2.45, 2.75) is 254 Å². The number of carbonyl (C=O) groups is 1. The Kier molecular flexibility index (Phi) is 38.0. The fraction of sp³-hybridized carbons (Fsp3) is 0.768. The topological polar surface area (TPSA) is 228 Å². The van der Waals surface area contributed by atoms with E-state index in [1.54, 1.807) is 6.08 Å². The van der Waals surface area contributed by atoms with Crippen molar-refractivity contribution in [3.63, 3.8) is 0 Å². The van der Waals surface area contributed by atoms with Crippen LogP contribution in [0.2, 0.25) is 0 Å². The first-order chi connectivity index (χ1) is 34.1. The maximum absolute atomic E-state index is 13.2. The molecule has 14 nitrogen and oxygen atoms in total. The molecule has 9 N–H and O–H groups in total. The number of ether oxygens (including phenoxy) is 4. The number of nitrogens with one attached hydrogen (secondary N) is 1. The Labute approximate surface area is 421 Å². The highest BCUT2D eigenvalue weighted by atomic mass is 16.7. The van der Waals surface area contributed by atoms with Crippen LogP contribution < -0.4 is 5.32 Å². The second kappa shape index (κ2) is 41.9. The van der Waals surface area contributed by atoms with Gasteiger partial charge in [0, 0.05) is 6.42 Å². The second-order valence-electron chi connectivity index (χ2n) is 19.0. The SMILES string of the molecule is CC/C=C\C/C=C\C/C=C\C/C=C\C/C=C\CCCCCCCCCCCCCC(=O)NC(COC1OC(CO)C(OC2OC(CO)C(O)C(O)C2O)C(O)C1O)C(O)/C=C/CCCCCCCCC. The lowest BCUT2D eigenvalue weighted by Gasteiger charge is -2.46. The molecule has 12 unspecified atom stereocenters. The molecule has 0 aromatic carbocycles. The molecule has 0 saturated carbocycles. The van der Waals surface area contributed by atoms with Crippen molar-refractivity contribution in [2.24, 2.45) is 0 Å². The zero-order valence-corrected chi connectivity index (χ0v) is 43.0. The van der Waals surface area contributed by atoms with Crippen molar-refractivity contribution in [1.29, 1.82) is 0 Å². The van der Waals surface area contributed by atoms with Crippen LogP contribution >= 0.6 is 0 Å². The van der Waals surface area contributed by atoms with Crippen molar-refractivity contribution in [2.75, 3.05) is 19.8 Å². The van der Waals surface area contributed by atoms with Gasteiger partial charge in [0.2, 0.25) is 5.91 Å². The van der Waals surface area contributed by atoms with Gasteiger partial charge in [-0.3, -0.25) is 4.79 Å². The third kappa shape index (κ3) is 28.0. The van der Waals surface area contributed by atoms with E-state index in [9.17, 15) is 45.6 Å². The van der Waals surface area contributed by atoms with E-state index in [4.69, 9.17) is 18.9 Å². The maximum atomic E-state index is 13.2. The zero-order chi connectivity index (χ0) is 51.0. The molecular formula is C56H97NO13. The number of hydrogen-bond donors (Lipinski definition) is 9. The highest BCUT2D eigenvalue weighted by Crippen LogP contribution is 2.30. The van der Waals surface area contributed by atoms with Crippen molar-refractivity contribution in [1.82, 2.24) is 5.32 Å². The predicted octanol–water partition coefficient (Wildman–Crippen LogP) is 7.99. The van der Waals surface area contributed by atoms with E-state index in [2.05, 4.69) is 79.9 Å². The van der Waals surface area contributed by atoms with Crippen molar-refractivity contribution < 1.29 is 64.6 Å². The Morgan fingerprint density at radius 1 is 0.529 bits per heavy atom. The Bertz CT molecular complexity index is 1450. The molecule has 2 aliphatic rings. The molecular weight excluding hydrogens is 895 g/mol. The normalized spacial score (nSPS) is 26.5. The first-order valence-corrected chi connectivity index (χ1v) is 27.2. The highest BCUT2D eigenvalue weighted by molar-refractivity contribution is 5.76. The lowest BCUT2D eigenvalue weighted by molar-refractivity contribution is -0.359. The molecule has 0 spiro atoms. The van der Waals surface area contributed by atoms with Gasteiger partial charge in [-0.1, -0.05) is 183 Å². The average molecular weight is 992 g/mol. The first-order valence-electron chi connectivity index (χ1n) is 27.2. The van der Waals surface area contributed by atoms with Crippen LogP contribution in [-0.2, 0) is 23.7 Å². The summed E-state index contributed by atoms with van der Waals surface area (Å²) >= 11 is 0. The summed E-state index contributed by atoms with van der Waals surface area (Å²) in [6.07, 6.45) is 36.7. The number of unbranched alkanes of at least 4 members (excludes halogenated alkanes) is 18. The van der Waals surface area contributed by atoms with Gasteiger partial charge in [-0.15, -0.1) is 0 Å². The van der Waals surface area contributed by atoms with E-state index in [0.717, 1.165) is 83.5 Å². The van der Waals surface area contributed by atoms with Gasteiger partial charge in [-0.25, -0.2) is 0 Å². The zero-order valence-electron chi connectivity index (χ0n) is 43.0. The molecule has 2 aliphatic heterocycles. The van der Waals surface area contributed by atoms with E-state index < -0.39 is 86.8 Å². The molecule has 2 rings (SSSR count). The summed E-state index contributed by atoms with van der Waals surface area (Å²) < 4.78 is 22.7.